The third kappa shape index (κ3) is 2.00. The molecule has 0 bridgehead atoms. The Morgan fingerprint density at radius 3 is 2.35 bits per heavy atom. The second-order valence-corrected chi connectivity index (χ2v) is 3.42. The Morgan fingerprint density at radius 1 is 1.06 bits per heavy atom. The predicted octanol–water partition coefficient (Wildman–Crippen LogP) is 1.49. The highest BCUT2D eigenvalue weighted by molar-refractivity contribution is 5.98. The SMILES string of the molecule is COc1ccc(C2=NCCO2)c(OC)c1OC. The van der Waals surface area contributed by atoms with Gasteiger partial charge in [0, 0.05) is 0 Å². The minimum atomic E-state index is 0.547. The van der Waals surface area contributed by atoms with Crippen molar-refractivity contribution >= 4 is 5.90 Å². The van der Waals surface area contributed by atoms with Crippen LogP contribution in [0.25, 0.3) is 0 Å². The summed E-state index contributed by atoms with van der Waals surface area (Å²) in [7, 11) is 4.73. The van der Waals surface area contributed by atoms with E-state index in [0.29, 0.717) is 36.3 Å². The molecular formula is C12H15NO4. The van der Waals surface area contributed by atoms with Crippen LogP contribution in [-0.2, 0) is 4.74 Å². The van der Waals surface area contributed by atoms with E-state index in [-0.39, 0.29) is 0 Å². The second kappa shape index (κ2) is 4.95. The van der Waals surface area contributed by atoms with Crippen molar-refractivity contribution in [3.8, 4) is 17.2 Å². The Kier molecular flexibility index (Phi) is 3.37. The number of aliphatic imine (C=N–C) groups is 1. The van der Waals surface area contributed by atoms with Gasteiger partial charge < -0.3 is 18.9 Å². The number of rotatable bonds is 4. The topological polar surface area (TPSA) is 49.3 Å². The number of methoxy groups -OCH3 is 3. The molecule has 1 heterocycles. The first-order valence-electron chi connectivity index (χ1n) is 5.28. The van der Waals surface area contributed by atoms with Gasteiger partial charge in [-0.1, -0.05) is 0 Å². The number of hydrogen-bond acceptors (Lipinski definition) is 5. The minimum absolute atomic E-state index is 0.547. The summed E-state index contributed by atoms with van der Waals surface area (Å²) in [6, 6.07) is 3.66. The number of benzene rings is 1. The van der Waals surface area contributed by atoms with E-state index in [4.69, 9.17) is 18.9 Å². The molecule has 5 nitrogen and oxygen atoms in total. The molecule has 0 saturated carbocycles. The van der Waals surface area contributed by atoms with Crippen LogP contribution in [0.15, 0.2) is 17.1 Å². The summed E-state index contributed by atoms with van der Waals surface area (Å²) < 4.78 is 21.3. The van der Waals surface area contributed by atoms with E-state index < -0.39 is 0 Å². The lowest BCUT2D eigenvalue weighted by atomic mass is 10.1. The normalized spacial score (nSPS) is 13.9. The molecule has 1 aliphatic heterocycles. The van der Waals surface area contributed by atoms with Gasteiger partial charge in [0.25, 0.3) is 0 Å². The average Bonchev–Trinajstić information content (AvgIpc) is 2.90. The van der Waals surface area contributed by atoms with Gasteiger partial charge in [0.15, 0.2) is 11.5 Å². The lowest BCUT2D eigenvalue weighted by Gasteiger charge is -2.15. The Morgan fingerprint density at radius 2 is 1.82 bits per heavy atom. The van der Waals surface area contributed by atoms with Crippen molar-refractivity contribution in [1.82, 2.24) is 0 Å². The molecule has 0 unspecified atom stereocenters. The highest BCUT2D eigenvalue weighted by Crippen LogP contribution is 2.40. The lowest BCUT2D eigenvalue weighted by Crippen LogP contribution is -2.06. The Bertz CT molecular complexity index is 442. The second-order valence-electron chi connectivity index (χ2n) is 3.42. The summed E-state index contributed by atoms with van der Waals surface area (Å²) in [5, 5.41) is 0. The van der Waals surface area contributed by atoms with Gasteiger partial charge >= 0.3 is 0 Å². The highest BCUT2D eigenvalue weighted by atomic mass is 16.5. The fourth-order valence-electron chi connectivity index (χ4n) is 1.77. The Balaban J connectivity index is 2.52. The van der Waals surface area contributed by atoms with Gasteiger partial charge in [-0.15, -0.1) is 0 Å². The van der Waals surface area contributed by atoms with Crippen molar-refractivity contribution in [2.45, 2.75) is 0 Å². The molecule has 0 aliphatic carbocycles. The maximum Gasteiger partial charge on any atom is 0.220 e. The van der Waals surface area contributed by atoms with Crippen molar-refractivity contribution in [2.75, 3.05) is 34.5 Å². The van der Waals surface area contributed by atoms with Crippen LogP contribution in [0.4, 0.5) is 0 Å². The third-order valence-electron chi connectivity index (χ3n) is 2.52. The monoisotopic (exact) mass is 237 g/mol. The van der Waals surface area contributed by atoms with Crippen molar-refractivity contribution in [2.24, 2.45) is 4.99 Å². The molecular weight excluding hydrogens is 222 g/mol. The first-order chi connectivity index (χ1) is 8.31. The molecule has 0 radical (unpaired) electrons. The average molecular weight is 237 g/mol. The van der Waals surface area contributed by atoms with Crippen LogP contribution in [0, 0.1) is 0 Å². The van der Waals surface area contributed by atoms with E-state index in [1.165, 1.54) is 0 Å². The summed E-state index contributed by atoms with van der Waals surface area (Å²) >= 11 is 0. The zero-order valence-electron chi connectivity index (χ0n) is 10.1. The minimum Gasteiger partial charge on any atom is -0.493 e. The van der Waals surface area contributed by atoms with E-state index in [9.17, 15) is 0 Å². The molecule has 92 valence electrons. The standard InChI is InChI=1S/C12H15NO4/c1-14-9-5-4-8(12-13-6-7-17-12)10(15-2)11(9)16-3/h4-5H,6-7H2,1-3H3. The molecule has 1 aliphatic rings. The molecule has 0 fully saturated rings. The molecule has 0 atom stereocenters. The van der Waals surface area contributed by atoms with Gasteiger partial charge in [-0.2, -0.15) is 0 Å². The van der Waals surface area contributed by atoms with E-state index >= 15 is 0 Å². The maximum atomic E-state index is 5.43. The van der Waals surface area contributed by atoms with Crippen LogP contribution >= 0.6 is 0 Å². The highest BCUT2D eigenvalue weighted by Gasteiger charge is 2.21. The first kappa shape index (κ1) is 11.6. The van der Waals surface area contributed by atoms with Crippen LogP contribution in [0.1, 0.15) is 5.56 Å². The van der Waals surface area contributed by atoms with Crippen molar-refractivity contribution in [1.29, 1.82) is 0 Å². The molecule has 5 heteroatoms. The molecule has 0 saturated heterocycles. The molecule has 0 amide bonds. The number of ether oxygens (including phenoxy) is 4. The van der Waals surface area contributed by atoms with Crippen LogP contribution in [0.2, 0.25) is 0 Å². The first-order valence-corrected chi connectivity index (χ1v) is 5.28. The fourth-order valence-corrected chi connectivity index (χ4v) is 1.77. The van der Waals surface area contributed by atoms with Gasteiger partial charge in [-0.25, -0.2) is 4.99 Å². The van der Waals surface area contributed by atoms with Gasteiger partial charge in [0.1, 0.15) is 6.61 Å². The van der Waals surface area contributed by atoms with Gasteiger partial charge in [0.2, 0.25) is 11.6 Å². The van der Waals surface area contributed by atoms with Crippen molar-refractivity contribution in [3.63, 3.8) is 0 Å². The zero-order chi connectivity index (χ0) is 12.3. The Labute approximate surface area is 100.0 Å². The van der Waals surface area contributed by atoms with Crippen molar-refractivity contribution in [3.05, 3.63) is 17.7 Å². The maximum absolute atomic E-state index is 5.43. The summed E-state index contributed by atoms with van der Waals surface area (Å²) in [6.07, 6.45) is 0. The van der Waals surface area contributed by atoms with Crippen LogP contribution < -0.4 is 14.2 Å². The molecule has 0 N–H and O–H groups in total. The number of hydrogen-bond donors (Lipinski definition) is 0. The van der Waals surface area contributed by atoms with E-state index in [0.717, 1.165) is 5.56 Å². The van der Waals surface area contributed by atoms with Gasteiger partial charge in [0.05, 0.1) is 33.4 Å². The van der Waals surface area contributed by atoms with Crippen LogP contribution in [0.3, 0.4) is 0 Å². The molecule has 0 aromatic heterocycles. The largest absolute Gasteiger partial charge is 0.493 e. The number of nitrogens with zero attached hydrogens (tertiary/aromatic N) is 1. The van der Waals surface area contributed by atoms with Gasteiger partial charge in [-0.3, -0.25) is 0 Å². The smallest absolute Gasteiger partial charge is 0.220 e. The summed E-state index contributed by atoms with van der Waals surface area (Å²) in [5.74, 6) is 2.33. The molecule has 1 aromatic carbocycles. The summed E-state index contributed by atoms with van der Waals surface area (Å²) in [4.78, 5) is 4.26. The summed E-state index contributed by atoms with van der Waals surface area (Å²) in [5.41, 5.74) is 0.780. The fraction of sp³-hybridized carbons (Fsp3) is 0.417. The lowest BCUT2D eigenvalue weighted by molar-refractivity contribution is 0.319. The molecule has 0 spiro atoms. The summed E-state index contributed by atoms with van der Waals surface area (Å²) in [6.45, 7) is 1.28. The van der Waals surface area contributed by atoms with Gasteiger partial charge in [-0.05, 0) is 12.1 Å². The van der Waals surface area contributed by atoms with Crippen LogP contribution in [-0.4, -0.2) is 40.4 Å². The van der Waals surface area contributed by atoms with E-state index in [1.807, 2.05) is 6.07 Å². The van der Waals surface area contributed by atoms with Crippen LogP contribution in [0.5, 0.6) is 17.2 Å². The zero-order valence-corrected chi connectivity index (χ0v) is 10.1. The van der Waals surface area contributed by atoms with E-state index in [1.54, 1.807) is 27.4 Å². The van der Waals surface area contributed by atoms with Crippen molar-refractivity contribution < 1.29 is 18.9 Å². The Hall–Kier alpha value is -1.91. The molecule has 2 rings (SSSR count). The molecule has 17 heavy (non-hydrogen) atoms. The van der Waals surface area contributed by atoms with E-state index in [2.05, 4.69) is 4.99 Å². The predicted molar refractivity (Wildman–Crippen MR) is 63.5 cm³/mol. The molecule has 1 aromatic rings. The third-order valence-corrected chi connectivity index (χ3v) is 2.52. The quantitative estimate of drug-likeness (QED) is 0.796.